The third kappa shape index (κ3) is 5.63. The molecule has 0 bridgehead atoms. The Morgan fingerprint density at radius 3 is 2.16 bits per heavy atom. The molecular formula is C22H28N10. The molecule has 0 saturated carbocycles. The van der Waals surface area contributed by atoms with Crippen LogP contribution in [0.15, 0.2) is 61.2 Å². The van der Waals surface area contributed by atoms with Gasteiger partial charge in [0.2, 0.25) is 0 Å². The Morgan fingerprint density at radius 1 is 0.844 bits per heavy atom. The maximum atomic E-state index is 5.60. The summed E-state index contributed by atoms with van der Waals surface area (Å²) in [6.07, 6.45) is 7.62. The number of allylic oxidation sites excluding steroid dienone is 2. The molecule has 0 unspecified atom stereocenters. The van der Waals surface area contributed by atoms with Gasteiger partial charge >= 0.3 is 0 Å². The Balaban J connectivity index is 0.000000860. The van der Waals surface area contributed by atoms with E-state index in [2.05, 4.69) is 40.6 Å². The molecule has 0 aliphatic rings. The van der Waals surface area contributed by atoms with Gasteiger partial charge in [-0.15, -0.1) is 0 Å². The zero-order valence-electron chi connectivity index (χ0n) is 18.6. The molecule has 0 aliphatic heterocycles. The average molecular weight is 433 g/mol. The van der Waals surface area contributed by atoms with E-state index in [0.29, 0.717) is 28.9 Å². The Morgan fingerprint density at radius 2 is 1.53 bits per heavy atom. The molecule has 10 nitrogen and oxygen atoms in total. The number of aromatic nitrogens is 8. The minimum Gasteiger partial charge on any atom is -0.405 e. The summed E-state index contributed by atoms with van der Waals surface area (Å²) in [5.41, 5.74) is 14.1. The minimum absolute atomic E-state index is 0.455. The van der Waals surface area contributed by atoms with Crippen molar-refractivity contribution in [1.29, 1.82) is 0 Å². The number of hydrogen-bond donors (Lipinski definition) is 4. The second-order valence-electron chi connectivity index (χ2n) is 5.71. The van der Waals surface area contributed by atoms with Gasteiger partial charge < -0.3 is 11.5 Å². The number of nitrogens with one attached hydrogen (secondary N) is 2. The van der Waals surface area contributed by atoms with Crippen molar-refractivity contribution < 1.29 is 0 Å². The van der Waals surface area contributed by atoms with E-state index in [1.54, 1.807) is 24.5 Å². The predicted octanol–water partition coefficient (Wildman–Crippen LogP) is 3.54. The van der Waals surface area contributed by atoms with Crippen molar-refractivity contribution in [3.63, 3.8) is 0 Å². The van der Waals surface area contributed by atoms with Gasteiger partial charge in [0.15, 0.2) is 23.3 Å². The first-order valence-electron chi connectivity index (χ1n) is 10.3. The summed E-state index contributed by atoms with van der Waals surface area (Å²) < 4.78 is 0. The Bertz CT molecular complexity index is 1140. The second kappa shape index (κ2) is 12.4. The summed E-state index contributed by atoms with van der Waals surface area (Å²) in [6.45, 7) is 8.00. The number of rotatable bonds is 5. The van der Waals surface area contributed by atoms with Crippen LogP contribution < -0.4 is 11.5 Å². The van der Waals surface area contributed by atoms with Gasteiger partial charge in [-0.2, -0.15) is 20.4 Å². The van der Waals surface area contributed by atoms with Crippen molar-refractivity contribution in [1.82, 2.24) is 40.6 Å². The fraction of sp³-hybridized carbons (Fsp3) is 0.182. The van der Waals surface area contributed by atoms with Gasteiger partial charge in [-0.25, -0.2) is 9.97 Å². The summed E-state index contributed by atoms with van der Waals surface area (Å²) in [6, 6.07) is 9.48. The molecule has 6 N–H and O–H groups in total. The van der Waals surface area contributed by atoms with E-state index in [-0.39, 0.29) is 0 Å². The highest BCUT2D eigenvalue weighted by Gasteiger charge is 2.12. The van der Waals surface area contributed by atoms with Crippen LogP contribution in [0, 0.1) is 0 Å². The van der Waals surface area contributed by atoms with Gasteiger partial charge in [-0.05, 0) is 24.4 Å². The largest absolute Gasteiger partial charge is 0.405 e. The molecule has 32 heavy (non-hydrogen) atoms. The number of H-pyrrole nitrogens is 2. The van der Waals surface area contributed by atoms with Crippen LogP contribution in [0.5, 0.6) is 0 Å². The lowest BCUT2D eigenvalue weighted by molar-refractivity contribution is 1.02. The fourth-order valence-electron chi connectivity index (χ4n) is 2.59. The maximum absolute atomic E-state index is 5.60. The fourth-order valence-corrected chi connectivity index (χ4v) is 2.59. The van der Waals surface area contributed by atoms with Gasteiger partial charge in [0.1, 0.15) is 0 Å². The zero-order valence-corrected chi connectivity index (χ0v) is 18.6. The molecule has 0 atom stereocenters. The number of hydrogen-bond acceptors (Lipinski definition) is 8. The van der Waals surface area contributed by atoms with Gasteiger partial charge in [0.25, 0.3) is 0 Å². The highest BCUT2D eigenvalue weighted by atomic mass is 15.2. The normalized spacial score (nSPS) is 10.8. The molecule has 166 valence electrons. The van der Waals surface area contributed by atoms with Crippen LogP contribution in [-0.4, -0.2) is 40.6 Å². The van der Waals surface area contributed by atoms with Crippen LogP contribution in [0.3, 0.4) is 0 Å². The zero-order chi connectivity index (χ0) is 23.3. The van der Waals surface area contributed by atoms with Crippen molar-refractivity contribution >= 4 is 5.57 Å². The number of nitrogens with two attached hydrogens (primary N) is 2. The lowest BCUT2D eigenvalue weighted by Gasteiger charge is -2.00. The van der Waals surface area contributed by atoms with Crippen molar-refractivity contribution in [2.45, 2.75) is 27.7 Å². The van der Waals surface area contributed by atoms with Crippen molar-refractivity contribution in [3.8, 4) is 34.2 Å². The van der Waals surface area contributed by atoms with E-state index in [1.807, 2.05) is 52.0 Å². The summed E-state index contributed by atoms with van der Waals surface area (Å²) in [5.74, 6) is 2.22. The lowest BCUT2D eigenvalue weighted by atomic mass is 10.1. The Kier molecular flexibility index (Phi) is 9.26. The summed E-state index contributed by atoms with van der Waals surface area (Å²) in [7, 11) is 0. The van der Waals surface area contributed by atoms with Crippen molar-refractivity contribution in [2.75, 3.05) is 0 Å². The highest BCUT2D eigenvalue weighted by molar-refractivity contribution is 5.71. The third-order valence-electron chi connectivity index (χ3n) is 3.94. The first kappa shape index (κ1) is 23.9. The van der Waals surface area contributed by atoms with Gasteiger partial charge in [0, 0.05) is 28.5 Å². The molecule has 10 heteroatoms. The summed E-state index contributed by atoms with van der Waals surface area (Å²) >= 11 is 0. The first-order chi connectivity index (χ1) is 15.8. The molecule has 3 heterocycles. The van der Waals surface area contributed by atoms with Crippen LogP contribution in [0.2, 0.25) is 0 Å². The van der Waals surface area contributed by atoms with Crippen LogP contribution in [0.1, 0.15) is 33.5 Å². The van der Waals surface area contributed by atoms with E-state index in [4.69, 9.17) is 11.5 Å². The van der Waals surface area contributed by atoms with Crippen LogP contribution >= 0.6 is 0 Å². The molecule has 0 aliphatic carbocycles. The molecule has 0 saturated heterocycles. The van der Waals surface area contributed by atoms with Crippen molar-refractivity contribution in [2.24, 2.45) is 11.5 Å². The third-order valence-corrected chi connectivity index (χ3v) is 3.94. The van der Waals surface area contributed by atoms with Gasteiger partial charge in [-0.1, -0.05) is 45.9 Å². The lowest BCUT2D eigenvalue weighted by Crippen LogP contribution is -1.91. The molecule has 0 amide bonds. The smallest absolute Gasteiger partial charge is 0.183 e. The average Bonchev–Trinajstić information content (AvgIpc) is 3.56. The molecule has 0 spiro atoms. The maximum Gasteiger partial charge on any atom is 0.183 e. The monoisotopic (exact) mass is 432 g/mol. The van der Waals surface area contributed by atoms with E-state index >= 15 is 0 Å². The van der Waals surface area contributed by atoms with Crippen LogP contribution in [0.25, 0.3) is 39.7 Å². The van der Waals surface area contributed by atoms with E-state index in [1.165, 1.54) is 12.4 Å². The van der Waals surface area contributed by atoms with Crippen LogP contribution in [0.4, 0.5) is 0 Å². The SMILES string of the molecule is CC.CC.N/C=C\C(=C/N)c1n[nH]c(-c2cccc(-c3nc(-c4ccnnc4)n[nH]3)c2)n1. The molecule has 3 aromatic heterocycles. The molecule has 0 radical (unpaired) electrons. The predicted molar refractivity (Wildman–Crippen MR) is 126 cm³/mol. The van der Waals surface area contributed by atoms with Crippen molar-refractivity contribution in [3.05, 3.63) is 67.0 Å². The molecule has 1 aromatic carbocycles. The second-order valence-corrected chi connectivity index (χ2v) is 5.71. The van der Waals surface area contributed by atoms with Crippen LogP contribution in [-0.2, 0) is 0 Å². The Hall–Kier alpha value is -4.34. The molecule has 4 rings (SSSR count). The van der Waals surface area contributed by atoms with E-state index < -0.39 is 0 Å². The summed E-state index contributed by atoms with van der Waals surface area (Å²) in [4.78, 5) is 9.00. The summed E-state index contributed by atoms with van der Waals surface area (Å²) in [5, 5.41) is 21.9. The van der Waals surface area contributed by atoms with E-state index in [9.17, 15) is 0 Å². The van der Waals surface area contributed by atoms with E-state index in [0.717, 1.165) is 16.7 Å². The molecular weight excluding hydrogens is 404 g/mol. The topological polar surface area (TPSA) is 161 Å². The highest BCUT2D eigenvalue weighted by Crippen LogP contribution is 2.24. The first-order valence-corrected chi connectivity index (χ1v) is 10.3. The molecule has 4 aromatic rings. The number of nitrogens with zero attached hydrogens (tertiary/aromatic N) is 6. The minimum atomic E-state index is 0.455. The van der Waals surface area contributed by atoms with Gasteiger partial charge in [0.05, 0.1) is 12.4 Å². The number of benzene rings is 1. The standard InChI is InChI=1S/C18H16N10.2C2H6/c19-6-4-13(9-20)17-23-15(25-27-17)11-2-1-3-12(8-11)16-24-18(28-26-16)14-5-7-21-22-10-14;2*1-2/h1-10H,19-20H2,(H,23,25,27)(H,24,26,28);2*1-2H3/b6-4-,13-9+;;. The number of aromatic amines is 2. The quantitative estimate of drug-likeness (QED) is 0.348. The molecule has 0 fully saturated rings. The van der Waals surface area contributed by atoms with Gasteiger partial charge in [-0.3, -0.25) is 10.2 Å². The Labute approximate surface area is 186 Å².